The van der Waals surface area contributed by atoms with Crippen LogP contribution < -0.4 is 0 Å². The van der Waals surface area contributed by atoms with Gasteiger partial charge < -0.3 is 4.57 Å². The molecule has 0 unspecified atom stereocenters. The van der Waals surface area contributed by atoms with E-state index in [9.17, 15) is 0 Å². The lowest BCUT2D eigenvalue weighted by Gasteiger charge is -2.14. The lowest BCUT2D eigenvalue weighted by molar-refractivity contribution is 0.953. The van der Waals surface area contributed by atoms with E-state index >= 15 is 0 Å². The fourth-order valence-corrected chi connectivity index (χ4v) is 11.4. The fraction of sp³-hybridized carbons (Fsp3) is 0.0323. The minimum atomic E-state index is 0.552. The van der Waals surface area contributed by atoms with Crippen molar-refractivity contribution in [1.29, 1.82) is 0 Å². The quantitative estimate of drug-likeness (QED) is 0.167. The maximum Gasteiger partial charge on any atom is 0.238 e. The third-order valence-corrected chi connectivity index (χ3v) is 14.3. The molecule has 6 aromatic heterocycles. The molecule has 0 saturated carbocycles. The second kappa shape index (κ2) is 15.1. The third-order valence-electron chi connectivity index (χ3n) is 14.3. The summed E-state index contributed by atoms with van der Waals surface area (Å²) in [6.45, 7) is 0. The van der Waals surface area contributed by atoms with Crippen molar-refractivity contribution in [2.45, 2.75) is 12.8 Å². The highest BCUT2D eigenvalue weighted by Crippen LogP contribution is 2.44. The summed E-state index contributed by atoms with van der Waals surface area (Å²) >= 11 is 0. The number of benzene rings is 8. The van der Waals surface area contributed by atoms with Gasteiger partial charge in [0.05, 0.1) is 38.6 Å². The molecule has 0 saturated heterocycles. The topological polar surface area (TPSA) is 71.3 Å². The van der Waals surface area contributed by atoms with Crippen LogP contribution in [0.4, 0.5) is 0 Å². The Morgan fingerprint density at radius 2 is 0.857 bits per heavy atom. The summed E-state index contributed by atoms with van der Waals surface area (Å²) < 4.78 is 9.44. The van der Waals surface area contributed by atoms with E-state index < -0.39 is 0 Å². The van der Waals surface area contributed by atoms with Crippen LogP contribution in [0.25, 0.3) is 128 Å². The van der Waals surface area contributed by atoms with Crippen LogP contribution in [0.3, 0.4) is 0 Å². The Morgan fingerprint density at radius 3 is 1.51 bits per heavy atom. The highest BCUT2D eigenvalue weighted by Gasteiger charge is 2.27. The van der Waals surface area contributed by atoms with E-state index in [1.807, 2.05) is 36.4 Å². The van der Waals surface area contributed by atoms with Gasteiger partial charge in [-0.3, -0.25) is 13.7 Å². The summed E-state index contributed by atoms with van der Waals surface area (Å²) in [5, 5.41) is 8.15. The molecule has 8 nitrogen and oxygen atoms in total. The molecule has 15 rings (SSSR count). The largest absolute Gasteiger partial charge is 0.308 e. The van der Waals surface area contributed by atoms with E-state index in [4.69, 9.17) is 19.9 Å². The van der Waals surface area contributed by atoms with E-state index in [1.54, 1.807) is 0 Å². The van der Waals surface area contributed by atoms with Gasteiger partial charge in [-0.1, -0.05) is 164 Å². The standard InChI is InChI=1S/C62H40N8/c1-4-19-39(20-5-1)60-64-61(40-21-6-2-7-22-40)66-62(65-60)68-52-32-17-13-28-48(52)56-53(68)38-37-45-42-25-11-15-30-50(42)69(57(45)56)54-33-18-34-55(63-54)70-51-31-16-12-27-44(51)47-36-35-46-43-26-10-14-29-49(43)67(58(46)59(47)70)41-23-8-3-9-24-41/h1-9,11-25,27-38H,10,26H2. The first-order valence-corrected chi connectivity index (χ1v) is 23.9. The zero-order valence-corrected chi connectivity index (χ0v) is 37.8. The number of aromatic nitrogens is 8. The summed E-state index contributed by atoms with van der Waals surface area (Å²) in [7, 11) is 0. The minimum absolute atomic E-state index is 0.552. The number of allylic oxidation sites excluding steroid dienone is 1. The van der Waals surface area contributed by atoms with E-state index in [-0.39, 0.29) is 0 Å². The molecule has 8 heteroatoms. The summed E-state index contributed by atoms with van der Waals surface area (Å²) in [6, 6.07) is 72.8. The average molecular weight is 897 g/mol. The lowest BCUT2D eigenvalue weighted by atomic mass is 10.00. The Labute approximate surface area is 401 Å². The van der Waals surface area contributed by atoms with Gasteiger partial charge in [0.25, 0.3) is 0 Å². The van der Waals surface area contributed by atoms with Crippen molar-refractivity contribution in [2.75, 3.05) is 0 Å². The van der Waals surface area contributed by atoms with E-state index in [0.29, 0.717) is 17.6 Å². The van der Waals surface area contributed by atoms with Crippen LogP contribution in [-0.2, 0) is 6.42 Å². The summed E-state index contributed by atoms with van der Waals surface area (Å²) in [5.74, 6) is 3.45. The molecule has 8 aromatic carbocycles. The highest BCUT2D eigenvalue weighted by molar-refractivity contribution is 6.26. The molecule has 0 atom stereocenters. The van der Waals surface area contributed by atoms with Gasteiger partial charge in [-0.2, -0.15) is 9.97 Å². The smallest absolute Gasteiger partial charge is 0.238 e. The molecule has 6 heterocycles. The molecule has 328 valence electrons. The van der Waals surface area contributed by atoms with Gasteiger partial charge >= 0.3 is 0 Å². The van der Waals surface area contributed by atoms with E-state index in [1.165, 1.54) is 32.9 Å². The van der Waals surface area contributed by atoms with Gasteiger partial charge in [0.1, 0.15) is 11.6 Å². The van der Waals surface area contributed by atoms with Crippen molar-refractivity contribution in [3.63, 3.8) is 0 Å². The van der Waals surface area contributed by atoms with Crippen LogP contribution in [-0.4, -0.2) is 38.2 Å². The molecule has 14 aromatic rings. The summed E-state index contributed by atoms with van der Waals surface area (Å²) in [6.07, 6.45) is 6.65. The molecule has 0 amide bonds. The van der Waals surface area contributed by atoms with Crippen molar-refractivity contribution >= 4 is 82.4 Å². The normalized spacial score (nSPS) is 12.7. The van der Waals surface area contributed by atoms with Crippen molar-refractivity contribution in [1.82, 2.24) is 38.2 Å². The fourth-order valence-electron chi connectivity index (χ4n) is 11.4. The number of pyridine rings is 1. The Bertz CT molecular complexity index is 4400. The second-order valence-corrected chi connectivity index (χ2v) is 18.1. The number of para-hydroxylation sites is 4. The van der Waals surface area contributed by atoms with Crippen LogP contribution in [0.5, 0.6) is 0 Å². The number of aryl methyl sites for hydroxylation is 1. The molecule has 0 radical (unpaired) electrons. The van der Waals surface area contributed by atoms with Crippen molar-refractivity contribution < 1.29 is 0 Å². The number of nitrogens with zero attached hydrogens (tertiary/aromatic N) is 8. The van der Waals surface area contributed by atoms with Gasteiger partial charge in [0.2, 0.25) is 5.95 Å². The molecule has 0 bridgehead atoms. The van der Waals surface area contributed by atoms with Crippen molar-refractivity contribution in [2.24, 2.45) is 0 Å². The first-order valence-electron chi connectivity index (χ1n) is 23.9. The number of fused-ring (bicyclic) bond motifs is 14. The van der Waals surface area contributed by atoms with Gasteiger partial charge in [0.15, 0.2) is 11.6 Å². The third kappa shape index (κ3) is 5.58. The molecular formula is C62H40N8. The van der Waals surface area contributed by atoms with Crippen LogP contribution in [0.1, 0.15) is 17.7 Å². The van der Waals surface area contributed by atoms with Gasteiger partial charge in [-0.25, -0.2) is 9.97 Å². The van der Waals surface area contributed by atoms with Gasteiger partial charge in [-0.15, -0.1) is 0 Å². The van der Waals surface area contributed by atoms with Crippen LogP contribution >= 0.6 is 0 Å². The molecule has 0 aliphatic heterocycles. The van der Waals surface area contributed by atoms with Gasteiger partial charge in [-0.05, 0) is 73.0 Å². The number of hydrogen-bond donors (Lipinski definition) is 0. The molecular weight excluding hydrogens is 857 g/mol. The highest BCUT2D eigenvalue weighted by atomic mass is 15.2. The van der Waals surface area contributed by atoms with Crippen molar-refractivity contribution in [3.8, 4) is 46.0 Å². The zero-order valence-electron chi connectivity index (χ0n) is 37.8. The van der Waals surface area contributed by atoms with Crippen LogP contribution in [0.15, 0.2) is 212 Å². The first kappa shape index (κ1) is 38.7. The molecule has 70 heavy (non-hydrogen) atoms. The zero-order chi connectivity index (χ0) is 45.9. The first-order chi connectivity index (χ1) is 34.8. The predicted molar refractivity (Wildman–Crippen MR) is 286 cm³/mol. The van der Waals surface area contributed by atoms with Gasteiger partial charge in [0, 0.05) is 60.2 Å². The van der Waals surface area contributed by atoms with E-state index in [2.05, 4.69) is 200 Å². The lowest BCUT2D eigenvalue weighted by Crippen LogP contribution is -2.06. The van der Waals surface area contributed by atoms with Crippen molar-refractivity contribution in [3.05, 3.63) is 224 Å². The molecule has 1 aliphatic carbocycles. The molecule has 0 N–H and O–H groups in total. The molecule has 0 fully saturated rings. The summed E-state index contributed by atoms with van der Waals surface area (Å²) in [5.41, 5.74) is 13.2. The monoisotopic (exact) mass is 896 g/mol. The van der Waals surface area contributed by atoms with E-state index in [0.717, 1.165) is 95.9 Å². The van der Waals surface area contributed by atoms with Crippen LogP contribution in [0, 0.1) is 0 Å². The predicted octanol–water partition coefficient (Wildman–Crippen LogP) is 14.8. The average Bonchev–Trinajstić information content (AvgIpc) is 4.17. The molecule has 1 aliphatic rings. The Balaban J connectivity index is 1.02. The second-order valence-electron chi connectivity index (χ2n) is 18.1. The maximum atomic E-state index is 5.75. The maximum absolute atomic E-state index is 5.75. The Morgan fingerprint density at radius 1 is 0.343 bits per heavy atom. The van der Waals surface area contributed by atoms with Crippen LogP contribution in [0.2, 0.25) is 0 Å². The Kier molecular flexibility index (Phi) is 8.32. The number of hydrogen-bond acceptors (Lipinski definition) is 4. The molecule has 0 spiro atoms. The Hall–Kier alpha value is -9.40. The summed E-state index contributed by atoms with van der Waals surface area (Å²) in [4.78, 5) is 21.3. The number of rotatable bonds is 6. The minimum Gasteiger partial charge on any atom is -0.308 e. The SMILES string of the molecule is C1=Cc2c(c3ccc4c5ccccc5n(-c5cccc(-n6c7ccccc7c7ccc8c(c9ccccc9n8-c8nc(-c9ccccc9)nc(-c9ccccc9)n8)c76)n5)c4c3n2-c2ccccc2)CC1.